The smallest absolute Gasteiger partial charge is 0.373 e. The molecule has 1 aliphatic heterocycles. The largest absolute Gasteiger partial charge is 0.416 e. The molecule has 1 aromatic carbocycles. The van der Waals surface area contributed by atoms with Gasteiger partial charge in [0.1, 0.15) is 5.78 Å². The highest BCUT2D eigenvalue weighted by Gasteiger charge is 2.34. The summed E-state index contributed by atoms with van der Waals surface area (Å²) in [5.41, 5.74) is -1.79. The van der Waals surface area contributed by atoms with E-state index >= 15 is 0 Å². The van der Waals surface area contributed by atoms with E-state index < -0.39 is 28.5 Å². The number of halogens is 3. The third kappa shape index (κ3) is 3.13. The zero-order valence-corrected chi connectivity index (χ0v) is 10.1. The number of nitro groups is 1. The van der Waals surface area contributed by atoms with Crippen LogP contribution in [-0.2, 0) is 15.7 Å². The number of non-ortho nitro benzene ring substituents is 1. The second kappa shape index (κ2) is 5.20. The predicted molar refractivity (Wildman–Crippen MR) is 61.0 cm³/mol. The maximum Gasteiger partial charge on any atom is 0.416 e. The monoisotopic (exact) mass is 289 g/mol. The molecule has 108 valence electrons. The quantitative estimate of drug-likeness (QED) is 0.620. The van der Waals surface area contributed by atoms with Crippen LogP contribution < -0.4 is 0 Å². The van der Waals surface area contributed by atoms with Crippen molar-refractivity contribution in [1.29, 1.82) is 0 Å². The van der Waals surface area contributed by atoms with Gasteiger partial charge in [0.15, 0.2) is 0 Å². The Balaban J connectivity index is 2.44. The molecule has 0 spiro atoms. The van der Waals surface area contributed by atoms with E-state index in [1.807, 2.05) is 0 Å². The van der Waals surface area contributed by atoms with Crippen molar-refractivity contribution in [2.45, 2.75) is 25.1 Å². The van der Waals surface area contributed by atoms with E-state index in [9.17, 15) is 28.1 Å². The standard InChI is InChI=1S/C12H10F3NO4/c13-12(14,15)8-3-7(4-9(5-8)16(18)19)11-6-10(17)1-2-20-11/h3-5,11H,1-2,6H2. The van der Waals surface area contributed by atoms with Crippen molar-refractivity contribution in [3.63, 3.8) is 0 Å². The number of rotatable bonds is 2. The van der Waals surface area contributed by atoms with E-state index in [-0.39, 0.29) is 30.8 Å². The number of hydrogen-bond acceptors (Lipinski definition) is 4. The van der Waals surface area contributed by atoms with Gasteiger partial charge in [-0.2, -0.15) is 13.2 Å². The molecule has 0 bridgehead atoms. The molecule has 0 aromatic heterocycles. The number of alkyl halides is 3. The number of nitro benzene ring substituents is 1. The lowest BCUT2D eigenvalue weighted by atomic mass is 9.98. The van der Waals surface area contributed by atoms with Gasteiger partial charge >= 0.3 is 6.18 Å². The molecule has 8 heteroatoms. The Labute approximate surface area is 111 Å². The predicted octanol–water partition coefficient (Wildman–Crippen LogP) is 3.03. The van der Waals surface area contributed by atoms with E-state index in [4.69, 9.17) is 4.74 Å². The number of ether oxygens (including phenoxy) is 1. The lowest BCUT2D eigenvalue weighted by Gasteiger charge is -2.22. The summed E-state index contributed by atoms with van der Waals surface area (Å²) in [4.78, 5) is 21.1. The fraction of sp³-hybridized carbons (Fsp3) is 0.417. The fourth-order valence-electron chi connectivity index (χ4n) is 1.99. The molecule has 0 N–H and O–H groups in total. The van der Waals surface area contributed by atoms with Gasteiger partial charge < -0.3 is 4.74 Å². The van der Waals surface area contributed by atoms with Crippen molar-refractivity contribution in [3.05, 3.63) is 39.4 Å². The molecule has 0 radical (unpaired) electrons. The summed E-state index contributed by atoms with van der Waals surface area (Å²) >= 11 is 0. The zero-order chi connectivity index (χ0) is 14.9. The Kier molecular flexibility index (Phi) is 3.76. The zero-order valence-electron chi connectivity index (χ0n) is 10.1. The first-order chi connectivity index (χ1) is 9.27. The lowest BCUT2D eigenvalue weighted by Crippen LogP contribution is -2.20. The molecule has 0 amide bonds. The molecular formula is C12H10F3NO4. The van der Waals surface area contributed by atoms with Crippen LogP contribution in [0.3, 0.4) is 0 Å². The third-order valence-corrected chi connectivity index (χ3v) is 2.96. The summed E-state index contributed by atoms with van der Waals surface area (Å²) in [6, 6.07) is 2.27. The van der Waals surface area contributed by atoms with Gasteiger partial charge in [-0.05, 0) is 11.6 Å². The van der Waals surface area contributed by atoms with E-state index in [2.05, 4.69) is 0 Å². The molecule has 1 fully saturated rings. The number of carbonyl (C=O) groups excluding carboxylic acids is 1. The molecule has 1 atom stereocenters. The van der Waals surface area contributed by atoms with Crippen molar-refractivity contribution in [2.24, 2.45) is 0 Å². The third-order valence-electron chi connectivity index (χ3n) is 2.96. The van der Waals surface area contributed by atoms with Crippen LogP contribution in [0.2, 0.25) is 0 Å². The van der Waals surface area contributed by atoms with E-state index in [0.29, 0.717) is 6.07 Å². The van der Waals surface area contributed by atoms with Gasteiger partial charge in [-0.1, -0.05) is 0 Å². The molecule has 0 aliphatic carbocycles. The van der Waals surface area contributed by atoms with E-state index in [1.54, 1.807) is 0 Å². The van der Waals surface area contributed by atoms with E-state index in [1.165, 1.54) is 0 Å². The first-order valence-corrected chi connectivity index (χ1v) is 5.77. The van der Waals surface area contributed by atoms with Crippen LogP contribution in [0, 0.1) is 10.1 Å². The van der Waals surface area contributed by atoms with Crippen LogP contribution in [-0.4, -0.2) is 17.3 Å². The van der Waals surface area contributed by atoms with Crippen molar-refractivity contribution in [3.8, 4) is 0 Å². The molecule has 1 heterocycles. The van der Waals surface area contributed by atoms with Crippen LogP contribution in [0.25, 0.3) is 0 Å². The Morgan fingerprint density at radius 2 is 2.00 bits per heavy atom. The van der Waals surface area contributed by atoms with Crippen molar-refractivity contribution < 1.29 is 27.6 Å². The van der Waals surface area contributed by atoms with Gasteiger partial charge in [-0.15, -0.1) is 0 Å². The minimum Gasteiger partial charge on any atom is -0.373 e. The highest BCUT2D eigenvalue weighted by Crippen LogP contribution is 2.36. The summed E-state index contributed by atoms with van der Waals surface area (Å²) in [7, 11) is 0. The second-order valence-corrected chi connectivity index (χ2v) is 4.42. The maximum atomic E-state index is 12.7. The summed E-state index contributed by atoms with van der Waals surface area (Å²) in [6.07, 6.45) is -5.42. The highest BCUT2D eigenvalue weighted by atomic mass is 19.4. The molecule has 1 aliphatic rings. The SMILES string of the molecule is O=C1CCOC(c2cc([N+](=O)[O-])cc(C(F)(F)F)c2)C1. The number of carbonyl (C=O) groups is 1. The topological polar surface area (TPSA) is 69.4 Å². The van der Waals surface area contributed by atoms with Crippen LogP contribution in [0.1, 0.15) is 30.1 Å². The summed E-state index contributed by atoms with van der Waals surface area (Å²) in [5, 5.41) is 10.7. The Bertz CT molecular complexity index is 556. The minimum atomic E-state index is -4.69. The highest BCUT2D eigenvalue weighted by molar-refractivity contribution is 5.79. The van der Waals surface area contributed by atoms with Gasteiger partial charge in [0.05, 0.1) is 23.2 Å². The van der Waals surface area contributed by atoms with Gasteiger partial charge in [-0.25, -0.2) is 0 Å². The van der Waals surface area contributed by atoms with Gasteiger partial charge in [0, 0.05) is 25.0 Å². The van der Waals surface area contributed by atoms with E-state index in [0.717, 1.165) is 12.1 Å². The molecule has 0 saturated carbocycles. The number of ketones is 1. The fourth-order valence-corrected chi connectivity index (χ4v) is 1.99. The van der Waals surface area contributed by atoms with Crippen LogP contribution >= 0.6 is 0 Å². The summed E-state index contributed by atoms with van der Waals surface area (Å²) in [6.45, 7) is 0.105. The number of hydrogen-bond donors (Lipinski definition) is 0. The van der Waals surface area contributed by atoms with Crippen molar-refractivity contribution in [2.75, 3.05) is 6.61 Å². The molecule has 1 aromatic rings. The van der Waals surface area contributed by atoms with Crippen LogP contribution in [0.15, 0.2) is 18.2 Å². The first-order valence-electron chi connectivity index (χ1n) is 5.77. The first kappa shape index (κ1) is 14.4. The lowest BCUT2D eigenvalue weighted by molar-refractivity contribution is -0.385. The molecular weight excluding hydrogens is 279 g/mol. The number of nitrogens with zero attached hydrogens (tertiary/aromatic N) is 1. The molecule has 1 saturated heterocycles. The van der Waals surface area contributed by atoms with Crippen LogP contribution in [0.5, 0.6) is 0 Å². The number of Topliss-reactive ketones (excluding diaryl/α,β-unsaturated/α-hetero) is 1. The Hall–Kier alpha value is -1.96. The average molecular weight is 289 g/mol. The Morgan fingerprint density at radius 1 is 1.30 bits per heavy atom. The van der Waals surface area contributed by atoms with Crippen LogP contribution in [0.4, 0.5) is 18.9 Å². The van der Waals surface area contributed by atoms with Gasteiger partial charge in [-0.3, -0.25) is 14.9 Å². The summed E-state index contributed by atoms with van der Waals surface area (Å²) < 4.78 is 43.4. The second-order valence-electron chi connectivity index (χ2n) is 4.42. The Morgan fingerprint density at radius 3 is 2.55 bits per heavy atom. The van der Waals surface area contributed by atoms with Gasteiger partial charge in [0.25, 0.3) is 5.69 Å². The maximum absolute atomic E-state index is 12.7. The average Bonchev–Trinajstić information content (AvgIpc) is 2.37. The molecule has 1 unspecified atom stereocenters. The van der Waals surface area contributed by atoms with Crippen molar-refractivity contribution >= 4 is 11.5 Å². The molecule has 20 heavy (non-hydrogen) atoms. The van der Waals surface area contributed by atoms with Crippen molar-refractivity contribution in [1.82, 2.24) is 0 Å². The number of benzene rings is 1. The molecule has 2 rings (SSSR count). The van der Waals surface area contributed by atoms with Gasteiger partial charge in [0.2, 0.25) is 0 Å². The normalized spacial score (nSPS) is 19.9. The molecule has 5 nitrogen and oxygen atoms in total. The minimum absolute atomic E-state index is 0.000394. The summed E-state index contributed by atoms with van der Waals surface area (Å²) in [5.74, 6) is -0.138.